The van der Waals surface area contributed by atoms with E-state index >= 15 is 0 Å². The number of ether oxygens (including phenoxy) is 1. The van der Waals surface area contributed by atoms with Gasteiger partial charge in [0.15, 0.2) is 0 Å². The molecule has 0 saturated heterocycles. The first kappa shape index (κ1) is 12.9. The molecule has 5 nitrogen and oxygen atoms in total. The third-order valence-electron chi connectivity index (χ3n) is 1.74. The van der Waals surface area contributed by atoms with E-state index in [1.807, 2.05) is 6.92 Å². The number of carbonyl (C=O) groups is 2. The fourth-order valence-electron chi connectivity index (χ4n) is 0.799. The van der Waals surface area contributed by atoms with Crippen LogP contribution in [0.2, 0.25) is 0 Å². The number of nitrogens with two attached hydrogens (primary N) is 1. The van der Waals surface area contributed by atoms with Gasteiger partial charge in [-0.15, -0.1) is 0 Å². The number of aliphatic carboxylic acids is 1. The molecule has 14 heavy (non-hydrogen) atoms. The fourth-order valence-corrected chi connectivity index (χ4v) is 0.799. The van der Waals surface area contributed by atoms with Crippen LogP contribution in [0.15, 0.2) is 0 Å². The van der Waals surface area contributed by atoms with Crippen LogP contribution in [0, 0.1) is 0 Å². The molecule has 5 heteroatoms. The lowest BCUT2D eigenvalue weighted by molar-refractivity contribution is -0.144. The zero-order valence-corrected chi connectivity index (χ0v) is 8.36. The molecule has 0 amide bonds. The number of carboxylic acids is 1. The smallest absolute Gasteiger partial charge is 0.320 e. The van der Waals surface area contributed by atoms with Crippen molar-refractivity contribution in [3.05, 3.63) is 0 Å². The molecule has 1 atom stereocenters. The first-order valence-corrected chi connectivity index (χ1v) is 4.72. The second kappa shape index (κ2) is 7.32. The molecule has 0 saturated carbocycles. The van der Waals surface area contributed by atoms with Crippen molar-refractivity contribution in [1.29, 1.82) is 0 Å². The Hall–Kier alpha value is -1.10. The minimum atomic E-state index is -1.09. The maximum Gasteiger partial charge on any atom is 0.320 e. The highest BCUT2D eigenvalue weighted by molar-refractivity contribution is 5.75. The van der Waals surface area contributed by atoms with Gasteiger partial charge in [0, 0.05) is 6.42 Å². The first-order chi connectivity index (χ1) is 6.57. The van der Waals surface area contributed by atoms with E-state index in [0.29, 0.717) is 6.61 Å². The molecular formula is C9H17NO4. The highest BCUT2D eigenvalue weighted by atomic mass is 16.5. The van der Waals surface area contributed by atoms with E-state index in [9.17, 15) is 9.59 Å². The molecule has 0 unspecified atom stereocenters. The van der Waals surface area contributed by atoms with Crippen LogP contribution in [0.4, 0.5) is 0 Å². The number of hydrogen-bond acceptors (Lipinski definition) is 4. The van der Waals surface area contributed by atoms with E-state index in [2.05, 4.69) is 0 Å². The van der Waals surface area contributed by atoms with Crippen molar-refractivity contribution >= 4 is 11.9 Å². The van der Waals surface area contributed by atoms with E-state index in [4.69, 9.17) is 15.6 Å². The number of esters is 1. The van der Waals surface area contributed by atoms with Gasteiger partial charge < -0.3 is 15.6 Å². The summed E-state index contributed by atoms with van der Waals surface area (Å²) in [6, 6.07) is -0.978. The Kier molecular flexibility index (Phi) is 6.74. The summed E-state index contributed by atoms with van der Waals surface area (Å²) in [6.07, 6.45) is 1.98. The quantitative estimate of drug-likeness (QED) is 0.465. The topological polar surface area (TPSA) is 89.6 Å². The van der Waals surface area contributed by atoms with Crippen LogP contribution in [0.1, 0.15) is 32.6 Å². The van der Waals surface area contributed by atoms with Crippen molar-refractivity contribution in [3.8, 4) is 0 Å². The fraction of sp³-hybridized carbons (Fsp3) is 0.778. The highest BCUT2D eigenvalue weighted by Crippen LogP contribution is 1.98. The van der Waals surface area contributed by atoms with Gasteiger partial charge in [-0.25, -0.2) is 0 Å². The lowest BCUT2D eigenvalue weighted by atomic mass is 10.2. The van der Waals surface area contributed by atoms with Crippen LogP contribution in [-0.2, 0) is 14.3 Å². The van der Waals surface area contributed by atoms with E-state index < -0.39 is 12.0 Å². The van der Waals surface area contributed by atoms with Crippen LogP contribution < -0.4 is 5.73 Å². The molecule has 0 bridgehead atoms. The third-order valence-corrected chi connectivity index (χ3v) is 1.74. The molecule has 3 N–H and O–H groups in total. The van der Waals surface area contributed by atoms with Gasteiger partial charge in [-0.3, -0.25) is 9.59 Å². The molecule has 0 aromatic rings. The van der Waals surface area contributed by atoms with Gasteiger partial charge >= 0.3 is 11.9 Å². The van der Waals surface area contributed by atoms with E-state index in [-0.39, 0.29) is 18.8 Å². The van der Waals surface area contributed by atoms with Crippen LogP contribution in [0.3, 0.4) is 0 Å². The molecule has 0 aliphatic rings. The van der Waals surface area contributed by atoms with Crippen molar-refractivity contribution in [2.75, 3.05) is 6.61 Å². The second-order valence-corrected chi connectivity index (χ2v) is 3.06. The van der Waals surface area contributed by atoms with Crippen LogP contribution in [-0.4, -0.2) is 29.7 Å². The van der Waals surface area contributed by atoms with Gasteiger partial charge in [0.1, 0.15) is 6.04 Å². The number of carbonyl (C=O) groups excluding carboxylic acids is 1. The Bertz CT molecular complexity index is 193. The second-order valence-electron chi connectivity index (χ2n) is 3.06. The summed E-state index contributed by atoms with van der Waals surface area (Å²) in [5.74, 6) is -1.47. The summed E-state index contributed by atoms with van der Waals surface area (Å²) in [6.45, 7) is 2.39. The van der Waals surface area contributed by atoms with Crippen molar-refractivity contribution < 1.29 is 19.4 Å². The van der Waals surface area contributed by atoms with Gasteiger partial charge in [-0.1, -0.05) is 13.3 Å². The average Bonchev–Trinajstić information content (AvgIpc) is 2.14. The minimum Gasteiger partial charge on any atom is -0.480 e. The maximum absolute atomic E-state index is 11.0. The van der Waals surface area contributed by atoms with E-state index in [0.717, 1.165) is 12.8 Å². The van der Waals surface area contributed by atoms with E-state index in [1.165, 1.54) is 0 Å². The molecule has 0 aromatic heterocycles. The van der Waals surface area contributed by atoms with Crippen molar-refractivity contribution in [3.63, 3.8) is 0 Å². The molecule has 0 aliphatic heterocycles. The van der Waals surface area contributed by atoms with Crippen molar-refractivity contribution in [2.45, 2.75) is 38.6 Å². The van der Waals surface area contributed by atoms with Crippen molar-refractivity contribution in [2.24, 2.45) is 5.73 Å². The minimum absolute atomic E-state index is 0.0666. The average molecular weight is 203 g/mol. The molecular weight excluding hydrogens is 186 g/mol. The van der Waals surface area contributed by atoms with E-state index in [1.54, 1.807) is 0 Å². The van der Waals surface area contributed by atoms with Gasteiger partial charge in [-0.05, 0) is 12.8 Å². The standard InChI is InChI=1S/C9H17NO4/c1-2-3-6-14-8(11)5-4-7(10)9(12)13/h7H,2-6,10H2,1H3,(H,12,13)/t7-/m0/s1. The summed E-state index contributed by atoms with van der Waals surface area (Å²) in [5, 5.41) is 8.43. The third kappa shape index (κ3) is 6.42. The molecule has 0 aromatic carbocycles. The maximum atomic E-state index is 11.0. The zero-order chi connectivity index (χ0) is 11.0. The Labute approximate surface area is 83.2 Å². The lowest BCUT2D eigenvalue weighted by Crippen LogP contribution is -2.30. The Morgan fingerprint density at radius 1 is 1.50 bits per heavy atom. The summed E-state index contributed by atoms with van der Waals surface area (Å²) in [5.41, 5.74) is 5.21. The monoisotopic (exact) mass is 203 g/mol. The number of hydrogen-bond donors (Lipinski definition) is 2. The van der Waals surface area contributed by atoms with Crippen molar-refractivity contribution in [1.82, 2.24) is 0 Å². The van der Waals surface area contributed by atoms with Crippen LogP contribution >= 0.6 is 0 Å². The number of carboxylic acid groups (broad SMARTS) is 1. The summed E-state index contributed by atoms with van der Waals surface area (Å²) < 4.78 is 4.83. The predicted octanol–water partition coefficient (Wildman–Crippen LogP) is 0.522. The van der Waals surface area contributed by atoms with Gasteiger partial charge in [0.05, 0.1) is 6.61 Å². The predicted molar refractivity (Wildman–Crippen MR) is 50.7 cm³/mol. The number of rotatable bonds is 7. The summed E-state index contributed by atoms with van der Waals surface area (Å²) in [7, 11) is 0. The van der Waals surface area contributed by atoms with Crippen LogP contribution in [0.5, 0.6) is 0 Å². The zero-order valence-electron chi connectivity index (χ0n) is 8.36. The molecule has 82 valence electrons. The molecule has 0 spiro atoms. The SMILES string of the molecule is CCCCOC(=O)CC[C@H](N)C(=O)O. The molecule has 0 fully saturated rings. The van der Waals surface area contributed by atoms with Crippen LogP contribution in [0.25, 0.3) is 0 Å². The van der Waals surface area contributed by atoms with Gasteiger partial charge in [0.2, 0.25) is 0 Å². The van der Waals surface area contributed by atoms with Gasteiger partial charge in [-0.2, -0.15) is 0 Å². The van der Waals surface area contributed by atoms with Gasteiger partial charge in [0.25, 0.3) is 0 Å². The molecule has 0 radical (unpaired) electrons. The number of unbranched alkanes of at least 4 members (excludes halogenated alkanes) is 1. The lowest BCUT2D eigenvalue weighted by Gasteiger charge is -2.06. The highest BCUT2D eigenvalue weighted by Gasteiger charge is 2.13. The Balaban J connectivity index is 3.48. The summed E-state index contributed by atoms with van der Waals surface area (Å²) >= 11 is 0. The Morgan fingerprint density at radius 3 is 2.64 bits per heavy atom. The Morgan fingerprint density at radius 2 is 2.14 bits per heavy atom. The molecule has 0 aliphatic carbocycles. The molecule has 0 rings (SSSR count). The summed E-state index contributed by atoms with van der Waals surface area (Å²) in [4.78, 5) is 21.3. The largest absolute Gasteiger partial charge is 0.480 e. The normalized spacial score (nSPS) is 12.1. The molecule has 0 heterocycles. The first-order valence-electron chi connectivity index (χ1n) is 4.72.